The van der Waals surface area contributed by atoms with Crippen LogP contribution in [-0.2, 0) is 4.74 Å². The molecule has 4 heteroatoms. The van der Waals surface area contributed by atoms with Crippen molar-refractivity contribution in [1.29, 1.82) is 10.5 Å². The maximum absolute atomic E-state index is 8.32. The fourth-order valence-corrected chi connectivity index (χ4v) is 0.448. The molecule has 0 rings (SSSR count). The molecule has 0 bridgehead atoms. The average Bonchev–Trinajstić information content (AvgIpc) is 1.88. The smallest absolute Gasteiger partial charge is 0.213 e. The van der Waals surface area contributed by atoms with Crippen molar-refractivity contribution in [3.05, 3.63) is 11.5 Å². The molecule has 0 aliphatic heterocycles. The van der Waals surface area contributed by atoms with Crippen LogP contribution < -0.4 is 5.73 Å². The van der Waals surface area contributed by atoms with Crippen LogP contribution in [0, 0.1) is 22.7 Å². The molecule has 11 heavy (non-hydrogen) atoms. The number of hydrogen-bond acceptors (Lipinski definition) is 4. The first kappa shape index (κ1) is 9.32. The van der Waals surface area contributed by atoms with E-state index in [-0.39, 0.29) is 17.6 Å². The van der Waals surface area contributed by atoms with Crippen molar-refractivity contribution in [3.63, 3.8) is 0 Å². The first-order valence-corrected chi connectivity index (χ1v) is 3.08. The van der Waals surface area contributed by atoms with Crippen LogP contribution in [0.5, 0.6) is 0 Å². The summed E-state index contributed by atoms with van der Waals surface area (Å²) in [6.07, 6.45) is -0.119. The topological polar surface area (TPSA) is 82.8 Å². The minimum absolute atomic E-state index is 0.106. The third kappa shape index (κ3) is 3.12. The second-order valence-corrected chi connectivity index (χ2v) is 2.13. The summed E-state index contributed by atoms with van der Waals surface area (Å²) >= 11 is 0. The van der Waals surface area contributed by atoms with E-state index >= 15 is 0 Å². The summed E-state index contributed by atoms with van der Waals surface area (Å²) in [7, 11) is 0. The Balaban J connectivity index is 4.43. The van der Waals surface area contributed by atoms with Gasteiger partial charge in [-0.3, -0.25) is 0 Å². The maximum Gasteiger partial charge on any atom is 0.213 e. The summed E-state index contributed by atoms with van der Waals surface area (Å²) in [6.45, 7) is 3.53. The van der Waals surface area contributed by atoms with Crippen molar-refractivity contribution >= 4 is 0 Å². The molecule has 0 saturated heterocycles. The molecule has 4 nitrogen and oxygen atoms in total. The molecule has 0 aliphatic carbocycles. The fraction of sp³-hybridized carbons (Fsp3) is 0.429. The van der Waals surface area contributed by atoms with Crippen molar-refractivity contribution in [1.82, 2.24) is 0 Å². The molecular weight excluding hydrogens is 142 g/mol. The van der Waals surface area contributed by atoms with E-state index in [1.807, 2.05) is 0 Å². The van der Waals surface area contributed by atoms with Crippen LogP contribution in [0.25, 0.3) is 0 Å². The molecule has 0 aromatic rings. The number of allylic oxidation sites excluding steroid dienone is 1. The van der Waals surface area contributed by atoms with Crippen molar-refractivity contribution < 1.29 is 4.74 Å². The highest BCUT2D eigenvalue weighted by atomic mass is 16.5. The van der Waals surface area contributed by atoms with Gasteiger partial charge in [-0.2, -0.15) is 10.5 Å². The van der Waals surface area contributed by atoms with Crippen LogP contribution >= 0.6 is 0 Å². The van der Waals surface area contributed by atoms with E-state index in [0.29, 0.717) is 0 Å². The molecule has 0 aliphatic rings. The number of nitrogens with zero attached hydrogens (tertiary/aromatic N) is 2. The van der Waals surface area contributed by atoms with E-state index in [2.05, 4.69) is 0 Å². The SMILES string of the molecule is CC(C)OC(N)=C(C#N)C#N. The van der Waals surface area contributed by atoms with Gasteiger partial charge in [0, 0.05) is 0 Å². The van der Waals surface area contributed by atoms with Gasteiger partial charge in [0.2, 0.25) is 5.88 Å². The minimum Gasteiger partial charge on any atom is -0.475 e. The van der Waals surface area contributed by atoms with E-state index in [9.17, 15) is 0 Å². The molecule has 0 unspecified atom stereocenters. The number of rotatable bonds is 2. The lowest BCUT2D eigenvalue weighted by atomic mass is 10.3. The largest absolute Gasteiger partial charge is 0.475 e. The summed E-state index contributed by atoms with van der Waals surface area (Å²) in [5.41, 5.74) is 5.07. The first-order valence-electron chi connectivity index (χ1n) is 3.08. The van der Waals surface area contributed by atoms with Crippen molar-refractivity contribution in [2.24, 2.45) is 5.73 Å². The van der Waals surface area contributed by atoms with Crippen molar-refractivity contribution in [2.45, 2.75) is 20.0 Å². The van der Waals surface area contributed by atoms with Crippen LogP contribution in [0.1, 0.15) is 13.8 Å². The molecule has 0 heterocycles. The zero-order valence-corrected chi connectivity index (χ0v) is 6.46. The van der Waals surface area contributed by atoms with E-state index in [4.69, 9.17) is 21.0 Å². The lowest BCUT2D eigenvalue weighted by Gasteiger charge is -2.07. The lowest BCUT2D eigenvalue weighted by molar-refractivity contribution is 0.144. The Labute approximate surface area is 65.5 Å². The minimum atomic E-state index is -0.182. The summed E-state index contributed by atoms with van der Waals surface area (Å²) in [6, 6.07) is 3.25. The molecular formula is C7H9N3O. The zero-order valence-electron chi connectivity index (χ0n) is 6.46. The highest BCUT2D eigenvalue weighted by Crippen LogP contribution is 2.00. The molecule has 0 spiro atoms. The summed E-state index contributed by atoms with van der Waals surface area (Å²) < 4.78 is 4.91. The van der Waals surface area contributed by atoms with Gasteiger partial charge in [-0.25, -0.2) is 0 Å². The van der Waals surface area contributed by atoms with Gasteiger partial charge in [0.15, 0.2) is 5.57 Å². The highest BCUT2D eigenvalue weighted by Gasteiger charge is 2.03. The van der Waals surface area contributed by atoms with E-state index in [1.165, 1.54) is 0 Å². The highest BCUT2D eigenvalue weighted by molar-refractivity contribution is 5.36. The molecule has 0 fully saturated rings. The van der Waals surface area contributed by atoms with Gasteiger partial charge in [0.05, 0.1) is 6.10 Å². The molecule has 0 aromatic carbocycles. The Kier molecular flexibility index (Phi) is 3.55. The predicted molar refractivity (Wildman–Crippen MR) is 38.7 cm³/mol. The van der Waals surface area contributed by atoms with Gasteiger partial charge in [-0.1, -0.05) is 0 Å². The van der Waals surface area contributed by atoms with Crippen LogP contribution in [0.4, 0.5) is 0 Å². The third-order valence-corrected chi connectivity index (χ3v) is 0.833. The lowest BCUT2D eigenvalue weighted by Crippen LogP contribution is -2.11. The maximum atomic E-state index is 8.32. The van der Waals surface area contributed by atoms with Gasteiger partial charge in [-0.05, 0) is 13.8 Å². The molecule has 0 amide bonds. The number of nitriles is 2. The summed E-state index contributed by atoms with van der Waals surface area (Å²) in [5, 5.41) is 16.6. The number of ether oxygens (including phenoxy) is 1. The van der Waals surface area contributed by atoms with Gasteiger partial charge >= 0.3 is 0 Å². The van der Waals surface area contributed by atoms with Crippen LogP contribution in [0.15, 0.2) is 11.5 Å². The molecule has 2 N–H and O–H groups in total. The van der Waals surface area contributed by atoms with E-state index in [0.717, 1.165) is 0 Å². The predicted octanol–water partition coefficient (Wildman–Crippen LogP) is 0.629. The van der Waals surface area contributed by atoms with Crippen LogP contribution in [-0.4, -0.2) is 6.10 Å². The standard InChI is InChI=1S/C7H9N3O/c1-5(2)11-7(10)6(3-8)4-9/h5H,10H2,1-2H3. The fourth-order valence-electron chi connectivity index (χ4n) is 0.448. The molecule has 0 aromatic heterocycles. The van der Waals surface area contributed by atoms with E-state index in [1.54, 1.807) is 26.0 Å². The monoisotopic (exact) mass is 151 g/mol. The van der Waals surface area contributed by atoms with Gasteiger partial charge in [0.25, 0.3) is 0 Å². The molecule has 0 saturated carbocycles. The quantitative estimate of drug-likeness (QED) is 0.463. The number of hydrogen-bond donors (Lipinski definition) is 1. The first-order chi connectivity index (χ1) is 5.11. The Morgan fingerprint density at radius 3 is 2.09 bits per heavy atom. The van der Waals surface area contributed by atoms with Gasteiger partial charge in [-0.15, -0.1) is 0 Å². The molecule has 58 valence electrons. The second kappa shape index (κ2) is 4.19. The zero-order chi connectivity index (χ0) is 8.85. The van der Waals surface area contributed by atoms with E-state index < -0.39 is 0 Å². The summed E-state index contributed by atoms with van der Waals surface area (Å²) in [5.74, 6) is -0.106. The third-order valence-electron chi connectivity index (χ3n) is 0.833. The Hall–Kier alpha value is -1.68. The second-order valence-electron chi connectivity index (χ2n) is 2.13. The van der Waals surface area contributed by atoms with Crippen molar-refractivity contribution in [3.8, 4) is 12.1 Å². The van der Waals surface area contributed by atoms with Crippen LogP contribution in [0.3, 0.4) is 0 Å². The Morgan fingerprint density at radius 1 is 1.36 bits per heavy atom. The molecule has 0 atom stereocenters. The van der Waals surface area contributed by atoms with Crippen LogP contribution in [0.2, 0.25) is 0 Å². The van der Waals surface area contributed by atoms with Crippen molar-refractivity contribution in [2.75, 3.05) is 0 Å². The summed E-state index contributed by atoms with van der Waals surface area (Å²) in [4.78, 5) is 0. The number of nitrogens with two attached hydrogens (primary N) is 1. The van der Waals surface area contributed by atoms with Gasteiger partial charge < -0.3 is 10.5 Å². The van der Waals surface area contributed by atoms with Gasteiger partial charge in [0.1, 0.15) is 12.1 Å². The molecule has 0 radical (unpaired) electrons. The Bertz CT molecular complexity index is 225. The Morgan fingerprint density at radius 2 is 1.82 bits per heavy atom. The average molecular weight is 151 g/mol. The normalized spacial score (nSPS) is 8.09.